The van der Waals surface area contributed by atoms with Gasteiger partial charge in [0.2, 0.25) is 0 Å². The van der Waals surface area contributed by atoms with E-state index in [-0.39, 0.29) is 5.60 Å². The Balaban J connectivity index is 1.74. The molecule has 1 atom stereocenters. The Bertz CT molecular complexity index is 451. The van der Waals surface area contributed by atoms with E-state index in [0.717, 1.165) is 25.6 Å². The van der Waals surface area contributed by atoms with Crippen molar-refractivity contribution in [2.75, 3.05) is 26.2 Å². The Morgan fingerprint density at radius 3 is 2.55 bits per heavy atom. The van der Waals surface area contributed by atoms with E-state index in [4.69, 9.17) is 10.5 Å². The number of morpholine rings is 1. The van der Waals surface area contributed by atoms with Crippen molar-refractivity contribution in [1.29, 1.82) is 0 Å². The molecule has 0 bridgehead atoms. The van der Waals surface area contributed by atoms with Gasteiger partial charge < -0.3 is 10.5 Å². The van der Waals surface area contributed by atoms with Gasteiger partial charge in [-0.05, 0) is 43.7 Å². The molecule has 110 valence electrons. The van der Waals surface area contributed by atoms with Gasteiger partial charge in [-0.3, -0.25) is 4.90 Å². The molecule has 0 radical (unpaired) electrons. The van der Waals surface area contributed by atoms with Crippen LogP contribution in [0.3, 0.4) is 0 Å². The van der Waals surface area contributed by atoms with Crippen LogP contribution in [0.5, 0.6) is 0 Å². The molecule has 2 fully saturated rings. The molecule has 1 saturated heterocycles. The number of nitrogens with zero attached hydrogens (tertiary/aromatic N) is 1. The standard InChI is InChI=1S/C17H26N2O/c1-17(2)12-19(9-10-20-17)16(11-18)15-7-5-14(6-8-15)13-3-4-13/h5-8,13,16H,3-4,9-12,18H2,1-2H3. The van der Waals surface area contributed by atoms with Crippen LogP contribution in [0, 0.1) is 0 Å². The Hall–Kier alpha value is -0.900. The fourth-order valence-corrected chi connectivity index (χ4v) is 3.22. The SMILES string of the molecule is CC1(C)CN(C(CN)c2ccc(C3CC3)cc2)CCO1. The minimum Gasteiger partial charge on any atom is -0.373 e. The van der Waals surface area contributed by atoms with Crippen molar-refractivity contribution in [1.82, 2.24) is 4.90 Å². The van der Waals surface area contributed by atoms with Gasteiger partial charge in [0.15, 0.2) is 0 Å². The highest BCUT2D eigenvalue weighted by Crippen LogP contribution is 2.40. The number of rotatable bonds is 4. The number of benzene rings is 1. The monoisotopic (exact) mass is 274 g/mol. The largest absolute Gasteiger partial charge is 0.373 e. The zero-order valence-electron chi connectivity index (χ0n) is 12.6. The van der Waals surface area contributed by atoms with Crippen molar-refractivity contribution in [3.63, 3.8) is 0 Å². The summed E-state index contributed by atoms with van der Waals surface area (Å²) in [6.45, 7) is 7.68. The van der Waals surface area contributed by atoms with Gasteiger partial charge in [-0.2, -0.15) is 0 Å². The first kappa shape index (κ1) is 14.1. The molecule has 1 aliphatic heterocycles. The molecule has 20 heavy (non-hydrogen) atoms. The number of nitrogens with two attached hydrogens (primary N) is 1. The molecule has 3 nitrogen and oxygen atoms in total. The topological polar surface area (TPSA) is 38.5 Å². The summed E-state index contributed by atoms with van der Waals surface area (Å²) in [4.78, 5) is 2.47. The molecule has 1 aliphatic carbocycles. The number of hydrogen-bond donors (Lipinski definition) is 1. The van der Waals surface area contributed by atoms with Crippen LogP contribution in [0.2, 0.25) is 0 Å². The van der Waals surface area contributed by atoms with Crippen LogP contribution in [0.25, 0.3) is 0 Å². The van der Waals surface area contributed by atoms with Crippen LogP contribution < -0.4 is 5.73 Å². The number of ether oxygens (including phenoxy) is 1. The first-order chi connectivity index (χ1) is 9.59. The highest BCUT2D eigenvalue weighted by atomic mass is 16.5. The third kappa shape index (κ3) is 3.05. The summed E-state index contributed by atoms with van der Waals surface area (Å²) in [5.41, 5.74) is 8.82. The molecule has 1 aromatic rings. The fraction of sp³-hybridized carbons (Fsp3) is 0.647. The Morgan fingerprint density at radius 2 is 2.00 bits per heavy atom. The lowest BCUT2D eigenvalue weighted by molar-refractivity contribution is -0.0967. The minimum atomic E-state index is -0.0698. The molecule has 2 aliphatic rings. The zero-order chi connectivity index (χ0) is 14.2. The van der Waals surface area contributed by atoms with Crippen molar-refractivity contribution in [2.45, 2.75) is 44.2 Å². The second-order valence-electron chi connectivity index (χ2n) is 6.77. The molecule has 3 rings (SSSR count). The maximum atomic E-state index is 6.05. The van der Waals surface area contributed by atoms with Gasteiger partial charge in [-0.1, -0.05) is 24.3 Å². The normalized spacial score (nSPS) is 24.6. The first-order valence-corrected chi connectivity index (χ1v) is 7.77. The lowest BCUT2D eigenvalue weighted by Gasteiger charge is -2.42. The van der Waals surface area contributed by atoms with Crippen LogP contribution in [-0.4, -0.2) is 36.7 Å². The molecule has 1 unspecified atom stereocenters. The maximum absolute atomic E-state index is 6.05. The van der Waals surface area contributed by atoms with Gasteiger partial charge in [0.25, 0.3) is 0 Å². The van der Waals surface area contributed by atoms with E-state index >= 15 is 0 Å². The van der Waals surface area contributed by atoms with Gasteiger partial charge >= 0.3 is 0 Å². The third-order valence-corrected chi connectivity index (χ3v) is 4.49. The molecule has 2 N–H and O–H groups in total. The van der Waals surface area contributed by atoms with Gasteiger partial charge in [0, 0.05) is 25.7 Å². The van der Waals surface area contributed by atoms with Gasteiger partial charge in [0.05, 0.1) is 12.2 Å². The smallest absolute Gasteiger partial charge is 0.0753 e. The van der Waals surface area contributed by atoms with Crippen LogP contribution in [0.4, 0.5) is 0 Å². The maximum Gasteiger partial charge on any atom is 0.0753 e. The van der Waals surface area contributed by atoms with Crippen molar-refractivity contribution in [3.8, 4) is 0 Å². The van der Waals surface area contributed by atoms with Gasteiger partial charge in [0.1, 0.15) is 0 Å². The van der Waals surface area contributed by atoms with E-state index in [0.29, 0.717) is 12.6 Å². The second kappa shape index (κ2) is 5.47. The molecule has 0 amide bonds. The lowest BCUT2D eigenvalue weighted by Crippen LogP contribution is -2.50. The van der Waals surface area contributed by atoms with E-state index in [1.54, 1.807) is 0 Å². The molecule has 1 heterocycles. The Morgan fingerprint density at radius 1 is 1.30 bits per heavy atom. The molecular formula is C17H26N2O. The molecule has 1 saturated carbocycles. The molecule has 1 aromatic carbocycles. The summed E-state index contributed by atoms with van der Waals surface area (Å²) in [7, 11) is 0. The lowest BCUT2D eigenvalue weighted by atomic mass is 9.99. The predicted molar refractivity (Wildman–Crippen MR) is 81.8 cm³/mol. The average molecular weight is 274 g/mol. The summed E-state index contributed by atoms with van der Waals surface area (Å²) >= 11 is 0. The highest BCUT2D eigenvalue weighted by molar-refractivity contribution is 5.30. The summed E-state index contributed by atoms with van der Waals surface area (Å²) < 4.78 is 5.80. The number of hydrogen-bond acceptors (Lipinski definition) is 3. The van der Waals surface area contributed by atoms with Crippen LogP contribution >= 0.6 is 0 Å². The Kier molecular flexibility index (Phi) is 3.85. The fourth-order valence-electron chi connectivity index (χ4n) is 3.22. The van der Waals surface area contributed by atoms with E-state index in [9.17, 15) is 0 Å². The quantitative estimate of drug-likeness (QED) is 0.917. The van der Waals surface area contributed by atoms with E-state index in [1.165, 1.54) is 24.0 Å². The van der Waals surface area contributed by atoms with Gasteiger partial charge in [-0.25, -0.2) is 0 Å². The Labute approximate surface area is 122 Å². The van der Waals surface area contributed by atoms with Crippen molar-refractivity contribution >= 4 is 0 Å². The summed E-state index contributed by atoms with van der Waals surface area (Å²) in [5.74, 6) is 0.822. The first-order valence-electron chi connectivity index (χ1n) is 7.77. The van der Waals surface area contributed by atoms with E-state index in [2.05, 4.69) is 43.0 Å². The molecule has 3 heteroatoms. The van der Waals surface area contributed by atoms with Crippen LogP contribution in [0.1, 0.15) is 49.8 Å². The van der Waals surface area contributed by atoms with Crippen molar-refractivity contribution in [2.24, 2.45) is 5.73 Å². The van der Waals surface area contributed by atoms with Crippen molar-refractivity contribution < 1.29 is 4.74 Å². The zero-order valence-corrected chi connectivity index (χ0v) is 12.6. The summed E-state index contributed by atoms with van der Waals surface area (Å²) in [6.07, 6.45) is 2.72. The van der Waals surface area contributed by atoms with E-state index in [1.807, 2.05) is 0 Å². The highest BCUT2D eigenvalue weighted by Gasteiger charge is 2.31. The molecule has 0 aromatic heterocycles. The van der Waals surface area contributed by atoms with Gasteiger partial charge in [-0.15, -0.1) is 0 Å². The molecular weight excluding hydrogens is 248 g/mol. The average Bonchev–Trinajstić information content (AvgIpc) is 3.24. The molecule has 0 spiro atoms. The predicted octanol–water partition coefficient (Wildman–Crippen LogP) is 2.67. The minimum absolute atomic E-state index is 0.0698. The second-order valence-corrected chi connectivity index (χ2v) is 6.77. The van der Waals surface area contributed by atoms with Crippen molar-refractivity contribution in [3.05, 3.63) is 35.4 Å². The van der Waals surface area contributed by atoms with Crippen LogP contribution in [-0.2, 0) is 4.74 Å². The van der Waals surface area contributed by atoms with Crippen LogP contribution in [0.15, 0.2) is 24.3 Å². The summed E-state index contributed by atoms with van der Waals surface area (Å²) in [6, 6.07) is 9.44. The third-order valence-electron chi connectivity index (χ3n) is 4.49. The summed E-state index contributed by atoms with van der Waals surface area (Å²) in [5, 5.41) is 0. The van der Waals surface area contributed by atoms with E-state index < -0.39 is 0 Å².